The van der Waals surface area contributed by atoms with Gasteiger partial charge in [0, 0.05) is 25.2 Å². The molecule has 1 aliphatic heterocycles. The van der Waals surface area contributed by atoms with Crippen molar-refractivity contribution < 1.29 is 18.7 Å². The van der Waals surface area contributed by atoms with Gasteiger partial charge in [-0.25, -0.2) is 4.39 Å². The maximum atomic E-state index is 14.2. The number of aryl methyl sites for hydroxylation is 1. The van der Waals surface area contributed by atoms with E-state index in [1.165, 1.54) is 11.0 Å². The third-order valence-electron chi connectivity index (χ3n) is 5.03. The number of amides is 2. The van der Waals surface area contributed by atoms with E-state index < -0.39 is 11.7 Å². The van der Waals surface area contributed by atoms with Crippen LogP contribution in [-0.2, 0) is 9.59 Å². The fourth-order valence-corrected chi connectivity index (χ4v) is 3.40. The fourth-order valence-electron chi connectivity index (χ4n) is 3.40. The smallest absolute Gasteiger partial charge is 0.229 e. The molecule has 6 nitrogen and oxygen atoms in total. The maximum Gasteiger partial charge on any atom is 0.229 e. The summed E-state index contributed by atoms with van der Waals surface area (Å²) in [6.07, 6.45) is 0.992. The fraction of sp³-hybridized carbons (Fsp3) is 0.391. The number of carbonyl (C=O) groups excluding carboxylic acids is 2. The molecule has 0 spiro atoms. The normalized spacial score (nSPS) is 16.2. The Morgan fingerprint density at radius 3 is 2.63 bits per heavy atom. The van der Waals surface area contributed by atoms with E-state index in [9.17, 15) is 14.0 Å². The van der Waals surface area contributed by atoms with Crippen LogP contribution in [-0.4, -0.2) is 50.5 Å². The minimum absolute atomic E-state index is 0.0617. The van der Waals surface area contributed by atoms with Gasteiger partial charge < -0.3 is 19.9 Å². The zero-order valence-electron chi connectivity index (χ0n) is 17.7. The Balaban J connectivity index is 1.54. The van der Waals surface area contributed by atoms with Gasteiger partial charge in [-0.05, 0) is 69.4 Å². The van der Waals surface area contributed by atoms with E-state index in [0.717, 1.165) is 24.3 Å². The van der Waals surface area contributed by atoms with Crippen LogP contribution >= 0.6 is 0 Å². The third kappa shape index (κ3) is 5.57. The van der Waals surface area contributed by atoms with Gasteiger partial charge >= 0.3 is 0 Å². The summed E-state index contributed by atoms with van der Waals surface area (Å²) in [6, 6.07) is 11.9. The van der Waals surface area contributed by atoms with Crippen LogP contribution in [0.15, 0.2) is 42.5 Å². The monoisotopic (exact) mass is 413 g/mol. The molecule has 1 heterocycles. The van der Waals surface area contributed by atoms with Crippen LogP contribution < -0.4 is 15.0 Å². The van der Waals surface area contributed by atoms with E-state index in [4.69, 9.17) is 4.74 Å². The van der Waals surface area contributed by atoms with Gasteiger partial charge in [0.2, 0.25) is 11.8 Å². The quantitative estimate of drug-likeness (QED) is 0.674. The van der Waals surface area contributed by atoms with Crippen molar-refractivity contribution >= 4 is 23.2 Å². The van der Waals surface area contributed by atoms with Crippen LogP contribution in [0.25, 0.3) is 0 Å². The summed E-state index contributed by atoms with van der Waals surface area (Å²) in [5, 5.41) is 2.84. The lowest BCUT2D eigenvalue weighted by atomic mass is 10.1. The number of benzene rings is 2. The van der Waals surface area contributed by atoms with E-state index in [0.29, 0.717) is 12.3 Å². The summed E-state index contributed by atoms with van der Waals surface area (Å²) >= 11 is 0. The van der Waals surface area contributed by atoms with E-state index >= 15 is 0 Å². The van der Waals surface area contributed by atoms with Gasteiger partial charge in [0.25, 0.3) is 0 Å². The predicted molar refractivity (Wildman–Crippen MR) is 115 cm³/mol. The van der Waals surface area contributed by atoms with Crippen molar-refractivity contribution in [2.24, 2.45) is 5.92 Å². The molecule has 2 amide bonds. The molecular weight excluding hydrogens is 385 g/mol. The molecule has 0 aliphatic carbocycles. The lowest BCUT2D eigenvalue weighted by molar-refractivity contribution is -0.122. The number of rotatable bonds is 8. The van der Waals surface area contributed by atoms with Gasteiger partial charge in [0.05, 0.1) is 18.2 Å². The highest BCUT2D eigenvalue weighted by molar-refractivity contribution is 6.03. The second kappa shape index (κ2) is 9.71. The van der Waals surface area contributed by atoms with Gasteiger partial charge in [-0.2, -0.15) is 0 Å². The van der Waals surface area contributed by atoms with Crippen LogP contribution in [0.2, 0.25) is 0 Å². The summed E-state index contributed by atoms with van der Waals surface area (Å²) in [6.45, 7) is 3.53. The first-order valence-electron chi connectivity index (χ1n) is 10.1. The first-order chi connectivity index (χ1) is 14.3. The number of nitrogens with one attached hydrogen (secondary N) is 1. The zero-order valence-corrected chi connectivity index (χ0v) is 17.7. The van der Waals surface area contributed by atoms with Crippen molar-refractivity contribution in [1.82, 2.24) is 4.90 Å². The lowest BCUT2D eigenvalue weighted by Crippen LogP contribution is -2.28. The van der Waals surface area contributed by atoms with Crippen molar-refractivity contribution in [2.75, 3.05) is 44.0 Å². The second-order valence-electron chi connectivity index (χ2n) is 7.88. The van der Waals surface area contributed by atoms with Crippen molar-refractivity contribution in [2.45, 2.75) is 19.8 Å². The summed E-state index contributed by atoms with van der Waals surface area (Å²) in [4.78, 5) is 28.4. The summed E-state index contributed by atoms with van der Waals surface area (Å²) < 4.78 is 19.9. The Morgan fingerprint density at radius 1 is 1.23 bits per heavy atom. The first-order valence-corrected chi connectivity index (χ1v) is 10.1. The molecular formula is C23H28FN3O3. The molecule has 1 aliphatic rings. The summed E-state index contributed by atoms with van der Waals surface area (Å²) in [7, 11) is 4.04. The van der Waals surface area contributed by atoms with Gasteiger partial charge in [0.1, 0.15) is 11.6 Å². The largest absolute Gasteiger partial charge is 0.494 e. The predicted octanol–water partition coefficient (Wildman–Crippen LogP) is 3.46. The van der Waals surface area contributed by atoms with Crippen molar-refractivity contribution in [3.63, 3.8) is 0 Å². The molecule has 3 rings (SSSR count). The Kier molecular flexibility index (Phi) is 7.05. The first kappa shape index (κ1) is 21.8. The van der Waals surface area contributed by atoms with Gasteiger partial charge in [-0.3, -0.25) is 9.59 Å². The number of halogens is 1. The molecule has 1 unspecified atom stereocenters. The molecule has 0 bridgehead atoms. The molecule has 1 fully saturated rings. The van der Waals surface area contributed by atoms with Crippen LogP contribution in [0.1, 0.15) is 18.4 Å². The van der Waals surface area contributed by atoms with Gasteiger partial charge in [-0.1, -0.05) is 6.07 Å². The van der Waals surface area contributed by atoms with E-state index in [2.05, 4.69) is 10.2 Å². The van der Waals surface area contributed by atoms with Crippen molar-refractivity contribution in [1.29, 1.82) is 0 Å². The Labute approximate surface area is 176 Å². The summed E-state index contributed by atoms with van der Waals surface area (Å²) in [5.74, 6) is -0.744. The zero-order chi connectivity index (χ0) is 21.7. The lowest BCUT2D eigenvalue weighted by Gasteiger charge is -2.18. The SMILES string of the molecule is Cc1ccc(N2CC(C(=O)Nc3ccc(OCCCN(C)C)cc3)CC2=O)c(F)c1. The van der Waals surface area contributed by atoms with Crippen LogP contribution in [0.5, 0.6) is 5.75 Å². The standard InChI is InChI=1S/C23H28FN3O3/c1-16-5-10-21(20(24)13-16)27-15-17(14-22(27)28)23(29)25-18-6-8-19(9-7-18)30-12-4-11-26(2)3/h5-10,13,17H,4,11-12,14-15H2,1-3H3,(H,25,29). The van der Waals surface area contributed by atoms with Crippen molar-refractivity contribution in [3.05, 3.63) is 53.8 Å². The molecule has 30 heavy (non-hydrogen) atoms. The van der Waals surface area contributed by atoms with Crippen LogP contribution in [0.4, 0.5) is 15.8 Å². The number of hydrogen-bond donors (Lipinski definition) is 1. The van der Waals surface area contributed by atoms with Crippen molar-refractivity contribution in [3.8, 4) is 5.75 Å². The molecule has 2 aromatic rings. The number of ether oxygens (including phenoxy) is 1. The minimum Gasteiger partial charge on any atom is -0.494 e. The molecule has 0 aromatic heterocycles. The third-order valence-corrected chi connectivity index (χ3v) is 5.03. The number of nitrogens with zero attached hydrogens (tertiary/aromatic N) is 2. The molecule has 2 aromatic carbocycles. The van der Waals surface area contributed by atoms with E-state index in [1.807, 2.05) is 14.1 Å². The molecule has 0 radical (unpaired) electrons. The molecule has 160 valence electrons. The highest BCUT2D eigenvalue weighted by Crippen LogP contribution is 2.29. The van der Waals surface area contributed by atoms with E-state index in [-0.39, 0.29) is 30.5 Å². The Bertz CT molecular complexity index is 899. The average molecular weight is 413 g/mol. The van der Waals surface area contributed by atoms with Gasteiger partial charge in [-0.15, -0.1) is 0 Å². The average Bonchev–Trinajstić information content (AvgIpc) is 3.08. The Morgan fingerprint density at radius 2 is 1.97 bits per heavy atom. The topological polar surface area (TPSA) is 61.9 Å². The number of hydrogen-bond acceptors (Lipinski definition) is 4. The minimum atomic E-state index is -0.528. The van der Waals surface area contributed by atoms with Crippen LogP contribution in [0.3, 0.4) is 0 Å². The number of anilines is 2. The molecule has 1 atom stereocenters. The highest BCUT2D eigenvalue weighted by atomic mass is 19.1. The molecule has 1 saturated heterocycles. The molecule has 7 heteroatoms. The molecule has 1 N–H and O–H groups in total. The second-order valence-corrected chi connectivity index (χ2v) is 7.88. The maximum absolute atomic E-state index is 14.2. The molecule has 0 saturated carbocycles. The summed E-state index contributed by atoms with van der Waals surface area (Å²) in [5.41, 5.74) is 1.63. The van der Waals surface area contributed by atoms with E-state index in [1.54, 1.807) is 43.3 Å². The van der Waals surface area contributed by atoms with Gasteiger partial charge in [0.15, 0.2) is 0 Å². The van der Waals surface area contributed by atoms with Crippen LogP contribution in [0, 0.1) is 18.7 Å². The highest BCUT2D eigenvalue weighted by Gasteiger charge is 2.36. The number of carbonyl (C=O) groups is 2. The Hall–Kier alpha value is -2.93.